The molecule has 2 N–H and O–H groups in total. The third kappa shape index (κ3) is 3.31. The Morgan fingerprint density at radius 2 is 1.88 bits per heavy atom. The number of aromatic hydroxyl groups is 1. The number of phenols is 1. The Morgan fingerprint density at radius 1 is 1.08 bits per heavy atom. The van der Waals surface area contributed by atoms with Crippen molar-refractivity contribution < 1.29 is 5.11 Å². The lowest BCUT2D eigenvalue weighted by Gasteiger charge is -2.12. The zero-order chi connectivity index (χ0) is 16.9. The Balaban J connectivity index is 2.13. The first-order valence-electron chi connectivity index (χ1n) is 7.19. The van der Waals surface area contributed by atoms with Gasteiger partial charge in [-0.15, -0.1) is 0 Å². The molecule has 0 aliphatic carbocycles. The van der Waals surface area contributed by atoms with Crippen LogP contribution in [0.15, 0.2) is 59.8 Å². The zero-order valence-corrected chi connectivity index (χ0v) is 13.7. The van der Waals surface area contributed by atoms with Crippen molar-refractivity contribution in [3.8, 4) is 23.1 Å². The Hall–Kier alpha value is -3.04. The van der Waals surface area contributed by atoms with Crippen LogP contribution in [0, 0.1) is 11.3 Å². The van der Waals surface area contributed by atoms with E-state index < -0.39 is 0 Å². The average molecular weight is 334 g/mol. The van der Waals surface area contributed by atoms with Crippen LogP contribution in [0.1, 0.15) is 5.56 Å². The fourth-order valence-corrected chi connectivity index (χ4v) is 2.62. The molecule has 0 aliphatic heterocycles. The highest BCUT2D eigenvalue weighted by Crippen LogP contribution is 2.30. The lowest BCUT2D eigenvalue weighted by Crippen LogP contribution is -2.03. The minimum absolute atomic E-state index is 0.140. The number of nitriles is 1. The zero-order valence-electron chi connectivity index (χ0n) is 12.9. The van der Waals surface area contributed by atoms with E-state index in [4.69, 9.17) is 0 Å². The third-order valence-corrected chi connectivity index (χ3v) is 3.89. The van der Waals surface area contributed by atoms with Crippen LogP contribution >= 0.6 is 11.8 Å². The molecule has 0 saturated carbocycles. The minimum Gasteiger partial charge on any atom is -0.508 e. The molecule has 0 bridgehead atoms. The third-order valence-electron chi connectivity index (χ3n) is 3.34. The van der Waals surface area contributed by atoms with Gasteiger partial charge in [0, 0.05) is 17.3 Å². The molecule has 3 rings (SSSR count). The van der Waals surface area contributed by atoms with E-state index in [2.05, 4.69) is 21.4 Å². The van der Waals surface area contributed by atoms with Crippen LogP contribution in [-0.4, -0.2) is 21.3 Å². The molecular weight excluding hydrogens is 320 g/mol. The van der Waals surface area contributed by atoms with E-state index in [1.54, 1.807) is 24.3 Å². The standard InChI is InChI=1S/C18H14N4OS/c1-24-18-21-16(12-6-3-2-4-7-12)15(11-19)17(22-18)20-13-8-5-9-14(23)10-13/h2-10,23H,1H3,(H,20,21,22). The number of nitrogens with one attached hydrogen (secondary N) is 1. The maximum absolute atomic E-state index is 9.63. The van der Waals surface area contributed by atoms with E-state index >= 15 is 0 Å². The summed E-state index contributed by atoms with van der Waals surface area (Å²) in [6, 6.07) is 18.4. The lowest BCUT2D eigenvalue weighted by atomic mass is 10.1. The fourth-order valence-electron chi connectivity index (χ4n) is 2.25. The topological polar surface area (TPSA) is 81.8 Å². The van der Waals surface area contributed by atoms with E-state index in [1.165, 1.54) is 11.8 Å². The number of rotatable bonds is 4. The summed E-state index contributed by atoms with van der Waals surface area (Å²) in [6.07, 6.45) is 1.88. The van der Waals surface area contributed by atoms with E-state index in [-0.39, 0.29) is 5.75 Å². The Bertz CT molecular complexity index is 907. The predicted molar refractivity (Wildman–Crippen MR) is 95.4 cm³/mol. The van der Waals surface area contributed by atoms with Crippen LogP contribution in [0.5, 0.6) is 5.75 Å². The summed E-state index contributed by atoms with van der Waals surface area (Å²) in [5.74, 6) is 0.558. The van der Waals surface area contributed by atoms with Gasteiger partial charge in [0.15, 0.2) is 11.0 Å². The molecule has 118 valence electrons. The summed E-state index contributed by atoms with van der Waals surface area (Å²) in [7, 11) is 0. The number of aromatic nitrogens is 2. The number of thioether (sulfide) groups is 1. The van der Waals surface area contributed by atoms with Crippen LogP contribution in [0.2, 0.25) is 0 Å². The summed E-state index contributed by atoms with van der Waals surface area (Å²) in [4.78, 5) is 8.90. The van der Waals surface area contributed by atoms with Crippen LogP contribution < -0.4 is 5.32 Å². The maximum atomic E-state index is 9.63. The van der Waals surface area contributed by atoms with Gasteiger partial charge in [0.2, 0.25) is 0 Å². The van der Waals surface area contributed by atoms with E-state index in [1.807, 2.05) is 36.6 Å². The van der Waals surface area contributed by atoms with Gasteiger partial charge in [-0.05, 0) is 18.4 Å². The van der Waals surface area contributed by atoms with Gasteiger partial charge < -0.3 is 10.4 Å². The van der Waals surface area contributed by atoms with Crippen molar-refractivity contribution in [2.24, 2.45) is 0 Å². The highest BCUT2D eigenvalue weighted by Gasteiger charge is 2.16. The number of anilines is 2. The Kier molecular flexibility index (Phi) is 4.64. The summed E-state index contributed by atoms with van der Waals surface area (Å²) in [6.45, 7) is 0. The molecule has 0 radical (unpaired) electrons. The number of nitrogens with zero attached hydrogens (tertiary/aromatic N) is 3. The highest BCUT2D eigenvalue weighted by molar-refractivity contribution is 7.98. The van der Waals surface area contributed by atoms with E-state index in [9.17, 15) is 10.4 Å². The molecule has 1 aromatic heterocycles. The SMILES string of the molecule is CSc1nc(Nc2cccc(O)c2)c(C#N)c(-c2ccccc2)n1. The maximum Gasteiger partial charge on any atom is 0.189 e. The summed E-state index contributed by atoms with van der Waals surface area (Å²) >= 11 is 1.40. The monoisotopic (exact) mass is 334 g/mol. The second-order valence-corrected chi connectivity index (χ2v) is 5.71. The molecule has 0 spiro atoms. The Morgan fingerprint density at radius 3 is 2.54 bits per heavy atom. The quantitative estimate of drug-likeness (QED) is 0.550. The summed E-state index contributed by atoms with van der Waals surface area (Å²) in [5, 5.41) is 22.9. The van der Waals surface area contributed by atoms with Crippen molar-refractivity contribution in [2.45, 2.75) is 5.16 Å². The second-order valence-electron chi connectivity index (χ2n) is 4.94. The van der Waals surface area contributed by atoms with Gasteiger partial charge in [0.1, 0.15) is 17.4 Å². The van der Waals surface area contributed by atoms with Crippen molar-refractivity contribution in [3.05, 3.63) is 60.2 Å². The van der Waals surface area contributed by atoms with Crippen molar-refractivity contribution in [3.63, 3.8) is 0 Å². The first-order valence-corrected chi connectivity index (χ1v) is 8.41. The van der Waals surface area contributed by atoms with Gasteiger partial charge in [0.25, 0.3) is 0 Å². The Labute approximate surface area is 144 Å². The lowest BCUT2D eigenvalue weighted by molar-refractivity contribution is 0.475. The van der Waals surface area contributed by atoms with Gasteiger partial charge in [0.05, 0.1) is 5.69 Å². The van der Waals surface area contributed by atoms with Crippen LogP contribution in [-0.2, 0) is 0 Å². The van der Waals surface area contributed by atoms with E-state index in [0.717, 1.165) is 5.56 Å². The number of benzene rings is 2. The van der Waals surface area contributed by atoms with Gasteiger partial charge in [-0.3, -0.25) is 0 Å². The summed E-state index contributed by atoms with van der Waals surface area (Å²) in [5.41, 5.74) is 2.45. The molecule has 2 aromatic carbocycles. The molecule has 0 amide bonds. The van der Waals surface area contributed by atoms with Gasteiger partial charge in [-0.1, -0.05) is 48.2 Å². The molecule has 5 nitrogen and oxygen atoms in total. The molecule has 0 aliphatic rings. The minimum atomic E-state index is 0.140. The molecule has 0 atom stereocenters. The summed E-state index contributed by atoms with van der Waals surface area (Å²) < 4.78 is 0. The number of hydrogen-bond acceptors (Lipinski definition) is 6. The van der Waals surface area contributed by atoms with Crippen LogP contribution in [0.4, 0.5) is 11.5 Å². The van der Waals surface area contributed by atoms with Crippen LogP contribution in [0.25, 0.3) is 11.3 Å². The van der Waals surface area contributed by atoms with Crippen molar-refractivity contribution >= 4 is 23.3 Å². The highest BCUT2D eigenvalue weighted by atomic mass is 32.2. The van der Waals surface area contributed by atoms with Crippen molar-refractivity contribution in [1.82, 2.24) is 9.97 Å². The molecule has 0 saturated heterocycles. The molecule has 6 heteroatoms. The number of phenolic OH excluding ortho intramolecular Hbond substituents is 1. The first-order chi connectivity index (χ1) is 11.7. The molecule has 0 unspecified atom stereocenters. The van der Waals surface area contributed by atoms with Gasteiger partial charge in [-0.2, -0.15) is 5.26 Å². The molecule has 0 fully saturated rings. The van der Waals surface area contributed by atoms with Gasteiger partial charge in [-0.25, -0.2) is 9.97 Å². The molecule has 24 heavy (non-hydrogen) atoms. The predicted octanol–water partition coefficient (Wildman–Crippen LogP) is 4.19. The molecular formula is C18H14N4OS. The van der Waals surface area contributed by atoms with Crippen molar-refractivity contribution in [2.75, 3.05) is 11.6 Å². The van der Waals surface area contributed by atoms with Crippen LogP contribution in [0.3, 0.4) is 0 Å². The largest absolute Gasteiger partial charge is 0.508 e. The number of hydrogen-bond donors (Lipinski definition) is 2. The smallest absolute Gasteiger partial charge is 0.189 e. The molecule has 1 heterocycles. The normalized spacial score (nSPS) is 10.2. The first kappa shape index (κ1) is 15.8. The van der Waals surface area contributed by atoms with Crippen molar-refractivity contribution in [1.29, 1.82) is 5.26 Å². The average Bonchev–Trinajstić information content (AvgIpc) is 2.62. The molecule has 3 aromatic rings. The second kappa shape index (κ2) is 7.02. The van der Waals surface area contributed by atoms with E-state index in [0.29, 0.717) is 27.9 Å². The van der Waals surface area contributed by atoms with Gasteiger partial charge >= 0.3 is 0 Å². The fraction of sp³-hybridized carbons (Fsp3) is 0.0556.